The first-order valence-electron chi connectivity index (χ1n) is 30.3. The van der Waals surface area contributed by atoms with Crippen molar-refractivity contribution in [3.05, 3.63) is 97.2 Å². The van der Waals surface area contributed by atoms with E-state index in [0.717, 1.165) is 109 Å². The Hall–Kier alpha value is -3.67. The summed E-state index contributed by atoms with van der Waals surface area (Å²) < 4.78 is 16.9. The Morgan fingerprint density at radius 1 is 0.306 bits per heavy atom. The molecule has 0 fully saturated rings. The summed E-state index contributed by atoms with van der Waals surface area (Å²) in [6.45, 7) is 6.40. The fourth-order valence-electron chi connectivity index (χ4n) is 8.35. The number of rotatable bonds is 54. The molecule has 0 aliphatic rings. The molecule has 0 aromatic rings. The molecule has 0 aromatic carbocycles. The summed E-state index contributed by atoms with van der Waals surface area (Å²) in [6.07, 6.45) is 79.7. The van der Waals surface area contributed by atoms with Gasteiger partial charge in [0.05, 0.1) is 0 Å². The number of carbonyl (C=O) groups is 3. The molecule has 0 radical (unpaired) electrons. The number of esters is 3. The van der Waals surface area contributed by atoms with Crippen LogP contribution in [0.25, 0.3) is 0 Å². The quantitative estimate of drug-likeness (QED) is 0.0199. The molecule has 412 valence electrons. The second-order valence-corrected chi connectivity index (χ2v) is 19.9. The minimum atomic E-state index is -0.796. The van der Waals surface area contributed by atoms with Crippen LogP contribution in [-0.4, -0.2) is 37.2 Å². The van der Waals surface area contributed by atoms with Gasteiger partial charge >= 0.3 is 17.9 Å². The summed E-state index contributed by atoms with van der Waals surface area (Å²) in [5.41, 5.74) is 0. The molecular weight excluding hydrogens is 889 g/mol. The van der Waals surface area contributed by atoms with Crippen molar-refractivity contribution in [3.63, 3.8) is 0 Å². The number of carbonyl (C=O) groups excluding carboxylic acids is 3. The Bertz CT molecular complexity index is 1430. The second-order valence-electron chi connectivity index (χ2n) is 19.9. The highest BCUT2D eigenvalue weighted by Gasteiger charge is 2.19. The van der Waals surface area contributed by atoms with E-state index in [2.05, 4.69) is 118 Å². The first kappa shape index (κ1) is 68.3. The predicted octanol–water partition coefficient (Wildman–Crippen LogP) is 20.5. The van der Waals surface area contributed by atoms with Crippen molar-refractivity contribution in [1.29, 1.82) is 0 Å². The third-order valence-corrected chi connectivity index (χ3v) is 12.8. The van der Waals surface area contributed by atoms with Gasteiger partial charge in [-0.2, -0.15) is 0 Å². The molecule has 0 N–H and O–H groups in total. The molecule has 1 unspecified atom stereocenters. The van der Waals surface area contributed by atoms with E-state index < -0.39 is 6.10 Å². The number of ether oxygens (including phenoxy) is 3. The average molecular weight is 1000 g/mol. The Morgan fingerprint density at radius 3 is 0.944 bits per heavy atom. The highest BCUT2D eigenvalue weighted by molar-refractivity contribution is 5.71. The van der Waals surface area contributed by atoms with Crippen LogP contribution in [0.15, 0.2) is 97.2 Å². The van der Waals surface area contributed by atoms with Crippen LogP contribution in [0.2, 0.25) is 0 Å². The van der Waals surface area contributed by atoms with Crippen molar-refractivity contribution >= 4 is 17.9 Å². The first-order chi connectivity index (χ1) is 35.5. The Morgan fingerprint density at radius 2 is 0.583 bits per heavy atom. The highest BCUT2D eigenvalue weighted by Crippen LogP contribution is 2.15. The summed E-state index contributed by atoms with van der Waals surface area (Å²) in [5, 5.41) is 0. The van der Waals surface area contributed by atoms with E-state index in [-0.39, 0.29) is 31.1 Å². The molecule has 0 aliphatic carbocycles. The smallest absolute Gasteiger partial charge is 0.306 e. The van der Waals surface area contributed by atoms with Gasteiger partial charge in [0.2, 0.25) is 0 Å². The monoisotopic (exact) mass is 1000 g/mol. The molecule has 0 aromatic heterocycles. The minimum absolute atomic E-state index is 0.0910. The zero-order valence-electron chi connectivity index (χ0n) is 47.2. The van der Waals surface area contributed by atoms with Crippen molar-refractivity contribution < 1.29 is 28.6 Å². The lowest BCUT2D eigenvalue weighted by atomic mass is 10.1. The molecule has 0 bridgehead atoms. The lowest BCUT2D eigenvalue weighted by Crippen LogP contribution is -2.30. The zero-order valence-corrected chi connectivity index (χ0v) is 47.2. The Kier molecular flexibility index (Phi) is 56.8. The molecule has 0 aliphatic heterocycles. The molecular formula is C66H112O6. The molecule has 1 atom stereocenters. The number of hydrogen-bond donors (Lipinski definition) is 0. The summed E-state index contributed by atoms with van der Waals surface area (Å²) in [7, 11) is 0. The van der Waals surface area contributed by atoms with Gasteiger partial charge in [-0.05, 0) is 109 Å². The molecule has 0 heterocycles. The third-order valence-electron chi connectivity index (χ3n) is 12.8. The van der Waals surface area contributed by atoms with Gasteiger partial charge in [0, 0.05) is 19.3 Å². The molecule has 72 heavy (non-hydrogen) atoms. The lowest BCUT2D eigenvalue weighted by molar-refractivity contribution is -0.167. The fraction of sp³-hybridized carbons (Fsp3) is 0.712. The molecule has 6 nitrogen and oxygen atoms in total. The number of allylic oxidation sites excluding steroid dienone is 16. The van der Waals surface area contributed by atoms with Crippen molar-refractivity contribution in [1.82, 2.24) is 0 Å². The Balaban J connectivity index is 4.43. The van der Waals surface area contributed by atoms with Crippen LogP contribution in [0.5, 0.6) is 0 Å². The SMILES string of the molecule is CC/C=C\C/C=C\C/C=C\CCCCCCCCCCCC(=O)OCC(COC(=O)CCCCC/C=C\C=C/CCCCCCCCC)OC(=O)CCCCCCCCCCC/C=C\C/C=C\C/C=C\CC. The minimum Gasteiger partial charge on any atom is -0.462 e. The van der Waals surface area contributed by atoms with Gasteiger partial charge in [0.1, 0.15) is 13.2 Å². The van der Waals surface area contributed by atoms with Crippen LogP contribution in [0, 0.1) is 0 Å². The van der Waals surface area contributed by atoms with E-state index in [1.807, 2.05) is 0 Å². The van der Waals surface area contributed by atoms with Gasteiger partial charge in [-0.3, -0.25) is 14.4 Å². The maximum absolute atomic E-state index is 12.9. The van der Waals surface area contributed by atoms with Crippen LogP contribution >= 0.6 is 0 Å². The van der Waals surface area contributed by atoms with E-state index in [1.54, 1.807) is 0 Å². The molecule has 0 saturated carbocycles. The normalized spacial score (nSPS) is 12.8. The zero-order chi connectivity index (χ0) is 52.2. The topological polar surface area (TPSA) is 78.9 Å². The van der Waals surface area contributed by atoms with E-state index in [1.165, 1.54) is 135 Å². The van der Waals surface area contributed by atoms with E-state index >= 15 is 0 Å². The van der Waals surface area contributed by atoms with Gasteiger partial charge in [0.25, 0.3) is 0 Å². The second kappa shape index (κ2) is 59.9. The van der Waals surface area contributed by atoms with Crippen LogP contribution in [0.1, 0.15) is 284 Å². The van der Waals surface area contributed by atoms with Crippen LogP contribution in [-0.2, 0) is 28.6 Å². The molecule has 0 rings (SSSR count). The van der Waals surface area contributed by atoms with Crippen LogP contribution in [0.4, 0.5) is 0 Å². The summed E-state index contributed by atoms with van der Waals surface area (Å²) in [5.74, 6) is -0.922. The Labute approximate surface area is 445 Å². The van der Waals surface area contributed by atoms with Gasteiger partial charge in [0.15, 0.2) is 6.10 Å². The summed E-state index contributed by atoms with van der Waals surface area (Å²) >= 11 is 0. The van der Waals surface area contributed by atoms with E-state index in [4.69, 9.17) is 14.2 Å². The molecule has 0 amide bonds. The first-order valence-corrected chi connectivity index (χ1v) is 30.3. The van der Waals surface area contributed by atoms with Crippen molar-refractivity contribution in [2.75, 3.05) is 13.2 Å². The third kappa shape index (κ3) is 57.2. The maximum atomic E-state index is 12.9. The van der Waals surface area contributed by atoms with Crippen molar-refractivity contribution in [2.24, 2.45) is 0 Å². The molecule has 6 heteroatoms. The predicted molar refractivity (Wildman–Crippen MR) is 311 cm³/mol. The van der Waals surface area contributed by atoms with Gasteiger partial charge in [-0.15, -0.1) is 0 Å². The van der Waals surface area contributed by atoms with Crippen molar-refractivity contribution in [2.45, 2.75) is 290 Å². The van der Waals surface area contributed by atoms with E-state index in [9.17, 15) is 14.4 Å². The van der Waals surface area contributed by atoms with Gasteiger partial charge in [-0.1, -0.05) is 253 Å². The van der Waals surface area contributed by atoms with E-state index in [0.29, 0.717) is 19.3 Å². The number of unbranched alkanes of at least 4 members (excludes halogenated alkanes) is 28. The largest absolute Gasteiger partial charge is 0.462 e. The summed E-state index contributed by atoms with van der Waals surface area (Å²) in [4.78, 5) is 38.3. The van der Waals surface area contributed by atoms with Crippen molar-refractivity contribution in [3.8, 4) is 0 Å². The standard InChI is InChI=1S/C66H112O6/c1-4-7-10-13-16-19-22-25-28-31-33-35-38-41-44-47-50-53-56-59-65(68)71-62-63(61-70-64(67)58-55-52-49-46-43-40-37-30-27-24-21-18-15-12-9-6-3)72-66(69)60-57-54-51-48-45-42-39-36-34-32-29-26-23-20-17-14-11-8-5-2/h7-8,10-11,16-17,19-20,25-26,28-30,37,40,43,63H,4-6,9,12-15,18,21-24,27,31-36,38-39,41-42,44-62H2,1-3H3/b10-7-,11-8-,19-16-,20-17-,28-25-,29-26-,37-30-,43-40-. The van der Waals surface area contributed by atoms with Gasteiger partial charge in [-0.25, -0.2) is 0 Å². The lowest BCUT2D eigenvalue weighted by Gasteiger charge is -2.18. The fourth-order valence-corrected chi connectivity index (χ4v) is 8.35. The average Bonchev–Trinajstić information content (AvgIpc) is 3.38. The number of hydrogen-bond acceptors (Lipinski definition) is 6. The van der Waals surface area contributed by atoms with Gasteiger partial charge < -0.3 is 14.2 Å². The van der Waals surface area contributed by atoms with Crippen LogP contribution < -0.4 is 0 Å². The maximum Gasteiger partial charge on any atom is 0.306 e. The van der Waals surface area contributed by atoms with Crippen LogP contribution in [0.3, 0.4) is 0 Å². The highest BCUT2D eigenvalue weighted by atomic mass is 16.6. The molecule has 0 spiro atoms. The molecule has 0 saturated heterocycles. The summed E-state index contributed by atoms with van der Waals surface area (Å²) in [6, 6.07) is 0.